The van der Waals surface area contributed by atoms with E-state index < -0.39 is 4.75 Å². The molecule has 0 N–H and O–H groups in total. The molecule has 0 aliphatic rings. The fourth-order valence-electron chi connectivity index (χ4n) is 1.64. The largest absolute Gasteiger partial charge is 0.301 e. The minimum Gasteiger partial charge on any atom is -0.301 e. The lowest BCUT2D eigenvalue weighted by atomic mass is 9.94. The lowest BCUT2D eigenvalue weighted by Crippen LogP contribution is -2.34. The molecule has 1 atom stereocenters. The summed E-state index contributed by atoms with van der Waals surface area (Å²) in [6, 6.07) is 0. The van der Waals surface area contributed by atoms with Gasteiger partial charge in [0.15, 0.2) is 5.78 Å². The summed E-state index contributed by atoms with van der Waals surface area (Å²) in [6.45, 7) is 4.18. The normalized spacial score (nSPS) is 14.4. The number of ketones is 1. The minimum absolute atomic E-state index is 0.00427. The van der Waals surface area contributed by atoms with E-state index in [0.29, 0.717) is 19.1 Å². The Bertz CT molecular complexity index is 216. The Kier molecular flexibility index (Phi) is 8.63. The second-order valence-corrected chi connectivity index (χ2v) is 5.18. The van der Waals surface area contributed by atoms with Crippen LogP contribution in [0.5, 0.6) is 0 Å². The number of unbranched alkanes of at least 4 members (excludes halogenated alkanes) is 4. The number of hydrogen-bond donors (Lipinski definition) is 1. The Balaban J connectivity index is 4.03. The van der Waals surface area contributed by atoms with Crippen molar-refractivity contribution in [1.82, 2.24) is 0 Å². The highest BCUT2D eigenvalue weighted by Gasteiger charge is 2.32. The monoisotopic (exact) mass is 244 g/mol. The molecule has 0 aliphatic carbocycles. The van der Waals surface area contributed by atoms with Gasteiger partial charge < -0.3 is 4.79 Å². The molecule has 0 rings (SSSR count). The first-order valence-corrected chi connectivity index (χ1v) is 6.77. The van der Waals surface area contributed by atoms with Gasteiger partial charge in [0.05, 0.1) is 0 Å². The highest BCUT2D eigenvalue weighted by Crippen LogP contribution is 2.23. The SMILES string of the molecule is CCCCCCC(=O)C(S)(C=O)CCCC. The van der Waals surface area contributed by atoms with Gasteiger partial charge in [0.2, 0.25) is 0 Å². The predicted octanol–water partition coefficient (Wildman–Crippen LogP) is 3.58. The predicted molar refractivity (Wildman–Crippen MR) is 71.1 cm³/mol. The summed E-state index contributed by atoms with van der Waals surface area (Å²) in [4.78, 5) is 22.8. The molecule has 0 aromatic rings. The summed E-state index contributed by atoms with van der Waals surface area (Å²) in [6.07, 6.45) is 7.91. The Morgan fingerprint density at radius 2 is 1.75 bits per heavy atom. The number of carbonyl (C=O) groups excluding carboxylic acids is 2. The first-order chi connectivity index (χ1) is 7.60. The van der Waals surface area contributed by atoms with Crippen LogP contribution in [0.1, 0.15) is 65.2 Å². The van der Waals surface area contributed by atoms with Crippen molar-refractivity contribution >= 4 is 24.7 Å². The Morgan fingerprint density at radius 3 is 2.25 bits per heavy atom. The third-order valence-electron chi connectivity index (χ3n) is 2.85. The molecule has 3 heteroatoms. The van der Waals surface area contributed by atoms with E-state index in [9.17, 15) is 9.59 Å². The van der Waals surface area contributed by atoms with Gasteiger partial charge in [-0.2, -0.15) is 12.6 Å². The van der Waals surface area contributed by atoms with Crippen LogP contribution in [0.2, 0.25) is 0 Å². The standard InChI is InChI=1S/C13H24O2S/c1-3-5-7-8-9-12(15)13(16,11-14)10-6-4-2/h11,16H,3-10H2,1-2H3. The van der Waals surface area contributed by atoms with Crippen LogP contribution in [-0.2, 0) is 9.59 Å². The Labute approximate surface area is 105 Å². The molecule has 0 fully saturated rings. The zero-order valence-electron chi connectivity index (χ0n) is 10.5. The molecule has 1 unspecified atom stereocenters. The third-order valence-corrected chi connectivity index (χ3v) is 3.43. The molecule has 16 heavy (non-hydrogen) atoms. The number of aldehydes is 1. The van der Waals surface area contributed by atoms with E-state index >= 15 is 0 Å². The molecular weight excluding hydrogens is 220 g/mol. The lowest BCUT2D eigenvalue weighted by molar-refractivity contribution is -0.125. The zero-order valence-corrected chi connectivity index (χ0v) is 11.4. The highest BCUT2D eigenvalue weighted by molar-refractivity contribution is 7.83. The fraction of sp³-hybridized carbons (Fsp3) is 0.846. The second-order valence-electron chi connectivity index (χ2n) is 4.38. The van der Waals surface area contributed by atoms with Gasteiger partial charge >= 0.3 is 0 Å². The number of thiol groups is 1. The van der Waals surface area contributed by atoms with Crippen LogP contribution in [0.15, 0.2) is 0 Å². The van der Waals surface area contributed by atoms with Gasteiger partial charge in [-0.3, -0.25) is 4.79 Å². The maximum atomic E-state index is 11.9. The summed E-state index contributed by atoms with van der Waals surface area (Å²) in [7, 11) is 0. The number of carbonyl (C=O) groups is 2. The van der Waals surface area contributed by atoms with Gasteiger partial charge in [-0.15, -0.1) is 0 Å². The second kappa shape index (κ2) is 8.80. The Morgan fingerprint density at radius 1 is 1.12 bits per heavy atom. The number of rotatable bonds is 10. The lowest BCUT2D eigenvalue weighted by Gasteiger charge is -2.20. The van der Waals surface area contributed by atoms with E-state index in [4.69, 9.17) is 0 Å². The first kappa shape index (κ1) is 15.7. The molecule has 0 amide bonds. The topological polar surface area (TPSA) is 34.1 Å². The van der Waals surface area contributed by atoms with Crippen LogP contribution < -0.4 is 0 Å². The van der Waals surface area contributed by atoms with Gasteiger partial charge in [-0.1, -0.05) is 46.0 Å². The molecule has 0 saturated carbocycles. The Hall–Kier alpha value is -0.310. The summed E-state index contributed by atoms with van der Waals surface area (Å²) < 4.78 is -1.03. The molecule has 0 spiro atoms. The van der Waals surface area contributed by atoms with Gasteiger partial charge in [0, 0.05) is 6.42 Å². The van der Waals surface area contributed by atoms with Crippen molar-refractivity contribution in [1.29, 1.82) is 0 Å². The molecule has 0 aliphatic heterocycles. The van der Waals surface area contributed by atoms with Crippen LogP contribution in [0.25, 0.3) is 0 Å². The van der Waals surface area contributed by atoms with Gasteiger partial charge in [0.25, 0.3) is 0 Å². The quantitative estimate of drug-likeness (QED) is 0.276. The van der Waals surface area contributed by atoms with E-state index in [2.05, 4.69) is 19.6 Å². The zero-order chi connectivity index (χ0) is 12.4. The van der Waals surface area contributed by atoms with Crippen LogP contribution >= 0.6 is 12.6 Å². The van der Waals surface area contributed by atoms with Crippen molar-refractivity contribution in [3.8, 4) is 0 Å². The molecule has 0 radical (unpaired) electrons. The molecule has 94 valence electrons. The molecule has 0 aromatic carbocycles. The molecule has 0 saturated heterocycles. The molecule has 0 bridgehead atoms. The van der Waals surface area contributed by atoms with Crippen LogP contribution in [0, 0.1) is 0 Å². The van der Waals surface area contributed by atoms with E-state index in [1.807, 2.05) is 6.92 Å². The minimum atomic E-state index is -1.03. The summed E-state index contributed by atoms with van der Waals surface area (Å²) >= 11 is 4.26. The summed E-state index contributed by atoms with van der Waals surface area (Å²) in [5.41, 5.74) is 0. The van der Waals surface area contributed by atoms with Crippen LogP contribution in [0.3, 0.4) is 0 Å². The van der Waals surface area contributed by atoms with Crippen molar-refractivity contribution in [2.24, 2.45) is 0 Å². The van der Waals surface area contributed by atoms with Gasteiger partial charge in [0.1, 0.15) is 11.0 Å². The summed E-state index contributed by atoms with van der Waals surface area (Å²) in [5, 5.41) is 0. The third kappa shape index (κ3) is 5.69. The van der Waals surface area contributed by atoms with Crippen molar-refractivity contribution in [2.45, 2.75) is 70.0 Å². The fourth-order valence-corrected chi connectivity index (χ4v) is 1.91. The molecule has 0 heterocycles. The van der Waals surface area contributed by atoms with Crippen molar-refractivity contribution in [2.75, 3.05) is 0 Å². The first-order valence-electron chi connectivity index (χ1n) is 6.32. The summed E-state index contributed by atoms with van der Waals surface area (Å²) in [5.74, 6) is -0.00427. The van der Waals surface area contributed by atoms with Crippen LogP contribution in [0.4, 0.5) is 0 Å². The van der Waals surface area contributed by atoms with Crippen molar-refractivity contribution in [3.63, 3.8) is 0 Å². The van der Waals surface area contributed by atoms with Crippen LogP contribution in [-0.4, -0.2) is 16.8 Å². The number of hydrogen-bond acceptors (Lipinski definition) is 3. The molecule has 2 nitrogen and oxygen atoms in total. The van der Waals surface area contributed by atoms with E-state index in [0.717, 1.165) is 38.5 Å². The van der Waals surface area contributed by atoms with Crippen molar-refractivity contribution in [3.05, 3.63) is 0 Å². The average molecular weight is 244 g/mol. The van der Waals surface area contributed by atoms with Gasteiger partial charge in [-0.25, -0.2) is 0 Å². The average Bonchev–Trinajstić information content (AvgIpc) is 2.31. The van der Waals surface area contributed by atoms with Crippen molar-refractivity contribution < 1.29 is 9.59 Å². The number of Topliss-reactive ketones (excluding diaryl/α,β-unsaturated/α-hetero) is 1. The maximum absolute atomic E-state index is 11.9. The van der Waals surface area contributed by atoms with E-state index in [-0.39, 0.29) is 5.78 Å². The van der Waals surface area contributed by atoms with E-state index in [1.165, 1.54) is 0 Å². The molecule has 0 aromatic heterocycles. The highest BCUT2D eigenvalue weighted by atomic mass is 32.1. The molecular formula is C13H24O2S. The van der Waals surface area contributed by atoms with E-state index in [1.54, 1.807) is 0 Å². The maximum Gasteiger partial charge on any atom is 0.155 e. The van der Waals surface area contributed by atoms with Gasteiger partial charge in [-0.05, 0) is 12.8 Å². The smallest absolute Gasteiger partial charge is 0.155 e.